The molecule has 1 unspecified atom stereocenters. The number of aliphatic hydroxyl groups is 2. The van der Waals surface area contributed by atoms with Crippen LogP contribution in [0.3, 0.4) is 0 Å². The van der Waals surface area contributed by atoms with Crippen molar-refractivity contribution in [1.82, 2.24) is 0 Å². The Balaban J connectivity index is 1.70. The number of benzene rings is 3. The monoisotopic (exact) mass is 517 g/mol. The van der Waals surface area contributed by atoms with Gasteiger partial charge in [-0.15, -0.1) is 0 Å². The van der Waals surface area contributed by atoms with Crippen LogP contribution in [0.15, 0.2) is 82.3 Å². The molecule has 0 aromatic heterocycles. The van der Waals surface area contributed by atoms with E-state index in [2.05, 4.69) is 20.8 Å². The topological polar surface area (TPSA) is 92.8 Å². The summed E-state index contributed by atoms with van der Waals surface area (Å²) in [6.07, 6.45) is 1.37. The normalized spacial score (nSPS) is 18.1. The van der Waals surface area contributed by atoms with Crippen LogP contribution >= 0.6 is 11.8 Å². The summed E-state index contributed by atoms with van der Waals surface area (Å²) in [5.41, 5.74) is 10.1. The molecule has 0 amide bonds. The number of carbonyl (C=O) groups excluding carboxylic acids is 1. The van der Waals surface area contributed by atoms with Crippen LogP contribution < -0.4 is 5.73 Å². The van der Waals surface area contributed by atoms with Gasteiger partial charge in [0.15, 0.2) is 0 Å². The van der Waals surface area contributed by atoms with Gasteiger partial charge in [0, 0.05) is 10.6 Å². The second-order valence-corrected chi connectivity index (χ2v) is 11.8. The molecular weight excluding hydrogens is 482 g/mol. The lowest BCUT2D eigenvalue weighted by molar-refractivity contribution is -0.160. The second kappa shape index (κ2) is 10.6. The third-order valence-corrected chi connectivity index (χ3v) is 8.08. The zero-order valence-electron chi connectivity index (χ0n) is 21.9. The second-order valence-electron chi connectivity index (χ2n) is 10.7. The molecule has 194 valence electrons. The molecule has 1 aliphatic rings. The first-order chi connectivity index (χ1) is 17.5. The zero-order chi connectivity index (χ0) is 26.8. The highest BCUT2D eigenvalue weighted by atomic mass is 32.2. The first kappa shape index (κ1) is 26.8. The summed E-state index contributed by atoms with van der Waals surface area (Å²) in [4.78, 5) is 14.6. The molecule has 0 bridgehead atoms. The van der Waals surface area contributed by atoms with Crippen molar-refractivity contribution in [2.24, 2.45) is 0 Å². The summed E-state index contributed by atoms with van der Waals surface area (Å²) in [5.74, 6) is -0.496. The van der Waals surface area contributed by atoms with Gasteiger partial charge in [0.05, 0.1) is 13.0 Å². The number of rotatable bonds is 7. The predicted molar refractivity (Wildman–Crippen MR) is 149 cm³/mol. The Bertz CT molecular complexity index is 1310. The number of esters is 1. The van der Waals surface area contributed by atoms with Crippen LogP contribution in [0.5, 0.6) is 0 Å². The Morgan fingerprint density at radius 3 is 2.32 bits per heavy atom. The highest BCUT2D eigenvalue weighted by Crippen LogP contribution is 2.46. The number of aliphatic hydroxyl groups excluding tert-OH is 2. The molecule has 0 radical (unpaired) electrons. The van der Waals surface area contributed by atoms with E-state index in [0.717, 1.165) is 32.7 Å². The van der Waals surface area contributed by atoms with E-state index in [4.69, 9.17) is 10.5 Å². The van der Waals surface area contributed by atoms with Gasteiger partial charge in [0.1, 0.15) is 16.3 Å². The van der Waals surface area contributed by atoms with E-state index in [1.54, 1.807) is 0 Å². The van der Waals surface area contributed by atoms with Gasteiger partial charge in [-0.25, -0.2) is 4.79 Å². The maximum Gasteiger partial charge on any atom is 0.349 e. The molecule has 0 spiro atoms. The maximum atomic E-state index is 13.5. The molecule has 1 atom stereocenters. The largest absolute Gasteiger partial charge is 0.511 e. The fraction of sp³-hybridized carbons (Fsp3) is 0.323. The molecule has 1 aliphatic heterocycles. The molecule has 0 saturated heterocycles. The number of aryl methyl sites for hydroxylation is 2. The van der Waals surface area contributed by atoms with E-state index in [1.165, 1.54) is 11.8 Å². The molecule has 0 saturated carbocycles. The number of hydrogen-bond donors (Lipinski definition) is 3. The third-order valence-electron chi connectivity index (χ3n) is 6.91. The van der Waals surface area contributed by atoms with Crippen LogP contribution in [0.1, 0.15) is 61.4 Å². The van der Waals surface area contributed by atoms with Crippen molar-refractivity contribution >= 4 is 23.4 Å². The number of carbonyl (C=O) groups is 1. The van der Waals surface area contributed by atoms with Crippen molar-refractivity contribution < 1.29 is 19.7 Å². The summed E-state index contributed by atoms with van der Waals surface area (Å²) in [6.45, 7) is 8.16. The number of nitrogens with two attached hydrogens (primary N) is 1. The first-order valence-corrected chi connectivity index (χ1v) is 13.3. The van der Waals surface area contributed by atoms with Gasteiger partial charge >= 0.3 is 5.97 Å². The number of hydrogen-bond acceptors (Lipinski definition) is 6. The molecule has 5 nitrogen and oxygen atoms in total. The van der Waals surface area contributed by atoms with Crippen LogP contribution in [0.25, 0.3) is 0 Å². The zero-order valence-corrected chi connectivity index (χ0v) is 22.7. The average Bonchev–Trinajstić information content (AvgIpc) is 2.86. The lowest BCUT2D eigenvalue weighted by Gasteiger charge is -2.38. The molecule has 1 heterocycles. The molecule has 3 aromatic carbocycles. The fourth-order valence-corrected chi connectivity index (χ4v) is 5.97. The van der Waals surface area contributed by atoms with Crippen LogP contribution in [0.2, 0.25) is 0 Å². The van der Waals surface area contributed by atoms with Crippen LogP contribution in [-0.2, 0) is 33.6 Å². The summed E-state index contributed by atoms with van der Waals surface area (Å²) < 4.78 is 6.22. The Morgan fingerprint density at radius 1 is 1.05 bits per heavy atom. The fourth-order valence-electron chi connectivity index (χ4n) is 4.72. The smallest absolute Gasteiger partial charge is 0.349 e. The molecule has 0 aliphatic carbocycles. The van der Waals surface area contributed by atoms with Crippen molar-refractivity contribution in [1.29, 1.82) is 0 Å². The van der Waals surface area contributed by atoms with E-state index < -0.39 is 11.6 Å². The highest BCUT2D eigenvalue weighted by Gasteiger charge is 2.43. The molecule has 4 N–H and O–H groups in total. The maximum absolute atomic E-state index is 13.5. The lowest BCUT2D eigenvalue weighted by atomic mass is 9.82. The minimum Gasteiger partial charge on any atom is -0.511 e. The van der Waals surface area contributed by atoms with Gasteiger partial charge in [0.2, 0.25) is 0 Å². The van der Waals surface area contributed by atoms with E-state index in [-0.39, 0.29) is 29.1 Å². The highest BCUT2D eigenvalue weighted by molar-refractivity contribution is 8.04. The molecular formula is C31H35NO4S. The Labute approximate surface area is 223 Å². The number of nitrogen functional groups attached to an aromatic ring is 1. The van der Waals surface area contributed by atoms with Crippen molar-refractivity contribution in [2.75, 3.05) is 5.73 Å². The van der Waals surface area contributed by atoms with Gasteiger partial charge in [-0.05, 0) is 71.2 Å². The average molecular weight is 518 g/mol. The number of cyclic esters (lactones) is 1. The Morgan fingerprint density at radius 2 is 1.73 bits per heavy atom. The number of thioether (sulfide) groups is 1. The summed E-state index contributed by atoms with van der Waals surface area (Å²) >= 11 is 1.24. The van der Waals surface area contributed by atoms with E-state index in [1.807, 2.05) is 73.7 Å². The third kappa shape index (κ3) is 5.86. The van der Waals surface area contributed by atoms with E-state index >= 15 is 0 Å². The lowest BCUT2D eigenvalue weighted by Crippen LogP contribution is -2.38. The number of ether oxygens (including phenoxy) is 1. The van der Waals surface area contributed by atoms with Crippen molar-refractivity contribution in [3.05, 3.63) is 105 Å². The molecule has 4 rings (SSSR count). The quantitative estimate of drug-likeness (QED) is 0.238. The van der Waals surface area contributed by atoms with Crippen molar-refractivity contribution in [2.45, 2.75) is 69.5 Å². The summed E-state index contributed by atoms with van der Waals surface area (Å²) in [5, 5.41) is 21.1. The molecule has 3 aromatic rings. The van der Waals surface area contributed by atoms with Crippen molar-refractivity contribution in [3.8, 4) is 0 Å². The molecule has 6 heteroatoms. The van der Waals surface area contributed by atoms with Crippen molar-refractivity contribution in [3.63, 3.8) is 0 Å². The van der Waals surface area contributed by atoms with Crippen LogP contribution in [0.4, 0.5) is 5.69 Å². The van der Waals surface area contributed by atoms with Crippen LogP contribution in [-0.4, -0.2) is 16.2 Å². The van der Waals surface area contributed by atoms with Gasteiger partial charge in [0.25, 0.3) is 0 Å². The standard InChI is InChI=1S/C31H35NO4S/c1-20-16-27(25(30(2,3)4)17-22(20)19-33)37-28-26(34)18-31(36-29(28)35,23-8-6-5-7-9-23)15-14-21-10-12-24(32)13-11-21/h5-13,16-17,33-34H,14-15,18-19,32H2,1-4H3. The Kier molecular flexibility index (Phi) is 7.72. The van der Waals surface area contributed by atoms with Gasteiger partial charge in [-0.2, -0.15) is 0 Å². The van der Waals surface area contributed by atoms with E-state index in [9.17, 15) is 15.0 Å². The molecule has 0 fully saturated rings. The minimum absolute atomic E-state index is 0.0335. The van der Waals surface area contributed by atoms with Gasteiger partial charge in [-0.1, -0.05) is 81.1 Å². The number of anilines is 1. The van der Waals surface area contributed by atoms with Gasteiger partial charge < -0.3 is 20.7 Å². The first-order valence-electron chi connectivity index (χ1n) is 12.5. The van der Waals surface area contributed by atoms with Crippen LogP contribution in [0, 0.1) is 6.92 Å². The summed E-state index contributed by atoms with van der Waals surface area (Å²) in [7, 11) is 0. The SMILES string of the molecule is Cc1cc(SC2=C(O)CC(CCc3ccc(N)cc3)(c3ccccc3)OC2=O)c(C(C)(C)C)cc1CO. The van der Waals surface area contributed by atoms with Gasteiger partial charge in [-0.3, -0.25) is 0 Å². The minimum atomic E-state index is -0.975. The summed E-state index contributed by atoms with van der Waals surface area (Å²) in [6, 6.07) is 21.3. The predicted octanol–water partition coefficient (Wildman–Crippen LogP) is 6.70. The molecule has 37 heavy (non-hydrogen) atoms. The Hall–Kier alpha value is -3.22. The van der Waals surface area contributed by atoms with E-state index in [0.29, 0.717) is 18.5 Å².